The van der Waals surface area contributed by atoms with Crippen LogP contribution in [0, 0.1) is 5.92 Å². The number of hydrogen-bond acceptors (Lipinski definition) is 3. The second-order valence-corrected chi connectivity index (χ2v) is 8.80. The Labute approximate surface area is 194 Å². The maximum atomic E-state index is 13.1. The fourth-order valence-corrected chi connectivity index (χ4v) is 4.83. The van der Waals surface area contributed by atoms with Gasteiger partial charge in [-0.2, -0.15) is 13.2 Å². The maximum absolute atomic E-state index is 13.1. The van der Waals surface area contributed by atoms with Crippen molar-refractivity contribution in [3.63, 3.8) is 0 Å². The van der Waals surface area contributed by atoms with Crippen LogP contribution in [0.2, 0.25) is 5.02 Å². The van der Waals surface area contributed by atoms with E-state index in [1.54, 1.807) is 42.6 Å². The molecule has 0 spiro atoms. The lowest BCUT2D eigenvalue weighted by Gasteiger charge is -2.29. The fourth-order valence-electron chi connectivity index (χ4n) is 4.61. The van der Waals surface area contributed by atoms with Crippen LogP contribution in [0.4, 0.5) is 18.9 Å². The number of rotatable bonds is 4. The van der Waals surface area contributed by atoms with Crippen molar-refractivity contribution in [1.29, 1.82) is 0 Å². The second-order valence-electron chi connectivity index (χ2n) is 8.40. The molecule has 4 nitrogen and oxygen atoms in total. The first-order chi connectivity index (χ1) is 15.7. The highest BCUT2D eigenvalue weighted by Gasteiger charge is 2.34. The van der Waals surface area contributed by atoms with Gasteiger partial charge in [-0.3, -0.25) is 4.79 Å². The van der Waals surface area contributed by atoms with Crippen molar-refractivity contribution in [3.05, 3.63) is 70.4 Å². The number of aromatic nitrogens is 1. The third-order valence-electron chi connectivity index (χ3n) is 6.16. The van der Waals surface area contributed by atoms with Crippen LogP contribution in [-0.4, -0.2) is 17.1 Å². The Morgan fingerprint density at radius 1 is 1.18 bits per heavy atom. The first-order valence-corrected chi connectivity index (χ1v) is 11.2. The molecule has 1 aliphatic carbocycles. The summed E-state index contributed by atoms with van der Waals surface area (Å²) < 4.78 is 39.4. The molecule has 2 atom stereocenters. The van der Waals surface area contributed by atoms with Gasteiger partial charge >= 0.3 is 6.18 Å². The first kappa shape index (κ1) is 23.2. The number of hydrogen-bond donors (Lipinski definition) is 1. The molecule has 0 bridgehead atoms. The van der Waals surface area contributed by atoms with Gasteiger partial charge in [-0.05, 0) is 60.9 Å². The highest BCUT2D eigenvalue weighted by atomic mass is 35.5. The Hall–Kier alpha value is -2.93. The molecule has 0 saturated heterocycles. The van der Waals surface area contributed by atoms with Crippen LogP contribution in [0.25, 0.3) is 10.9 Å². The van der Waals surface area contributed by atoms with Crippen molar-refractivity contribution in [2.45, 2.75) is 44.2 Å². The third kappa shape index (κ3) is 5.19. The zero-order chi connectivity index (χ0) is 23.6. The number of alkyl halides is 3. The van der Waals surface area contributed by atoms with Gasteiger partial charge in [0.15, 0.2) is 0 Å². The molecule has 172 valence electrons. The van der Waals surface area contributed by atoms with E-state index in [-0.39, 0.29) is 23.0 Å². The highest BCUT2D eigenvalue weighted by molar-refractivity contribution is 6.34. The quantitative estimate of drug-likeness (QED) is 0.412. The average Bonchev–Trinajstić information content (AvgIpc) is 2.78. The molecule has 8 heteroatoms. The average molecular weight is 474 g/mol. The van der Waals surface area contributed by atoms with Gasteiger partial charge in [0.1, 0.15) is 5.69 Å². The zero-order valence-electron chi connectivity index (χ0n) is 17.8. The number of nitrogens with two attached hydrogens (primary N) is 1. The topological polar surface area (TPSA) is 68.3 Å². The van der Waals surface area contributed by atoms with Crippen LogP contribution in [-0.2, 0) is 6.18 Å². The number of halogens is 4. The van der Waals surface area contributed by atoms with Crippen molar-refractivity contribution in [3.8, 4) is 0 Å². The number of nitrogen functional groups attached to an aromatic ring is 1. The van der Waals surface area contributed by atoms with E-state index in [1.165, 1.54) is 0 Å². The molecule has 33 heavy (non-hydrogen) atoms. The zero-order valence-corrected chi connectivity index (χ0v) is 18.5. The van der Waals surface area contributed by atoms with Crippen molar-refractivity contribution in [1.82, 2.24) is 4.98 Å². The first-order valence-electron chi connectivity index (χ1n) is 10.8. The van der Waals surface area contributed by atoms with Crippen LogP contribution in [0.1, 0.15) is 59.6 Å². The summed E-state index contributed by atoms with van der Waals surface area (Å²) in [4.78, 5) is 20.2. The molecular formula is C25H23ClF3N3O. The van der Waals surface area contributed by atoms with Crippen LogP contribution in [0.15, 0.2) is 53.5 Å². The molecule has 1 fully saturated rings. The molecular weight excluding hydrogens is 451 g/mol. The van der Waals surface area contributed by atoms with Gasteiger partial charge in [-0.1, -0.05) is 48.7 Å². The van der Waals surface area contributed by atoms with E-state index in [2.05, 4.69) is 9.98 Å². The Bertz CT molecular complexity index is 1210. The lowest BCUT2D eigenvalue weighted by atomic mass is 9.76. The van der Waals surface area contributed by atoms with Crippen LogP contribution < -0.4 is 5.73 Å². The summed E-state index contributed by atoms with van der Waals surface area (Å²) >= 11 is 6.06. The molecule has 2 N–H and O–H groups in total. The number of nitrogens with zero attached hydrogens (tertiary/aromatic N) is 2. The van der Waals surface area contributed by atoms with E-state index in [0.717, 1.165) is 37.3 Å². The smallest absolute Gasteiger partial charge is 0.398 e. The van der Waals surface area contributed by atoms with E-state index in [0.29, 0.717) is 28.3 Å². The molecule has 0 radical (unpaired) electrons. The molecule has 1 aromatic heterocycles. The van der Waals surface area contributed by atoms with Crippen molar-refractivity contribution < 1.29 is 18.0 Å². The third-order valence-corrected chi connectivity index (χ3v) is 6.49. The molecule has 1 amide bonds. The summed E-state index contributed by atoms with van der Waals surface area (Å²) in [5.74, 6) is 0.0905. The van der Waals surface area contributed by atoms with Gasteiger partial charge in [-0.15, -0.1) is 0 Å². The summed E-state index contributed by atoms with van der Waals surface area (Å²) in [5, 5.41) is 0.965. The summed E-state index contributed by atoms with van der Waals surface area (Å²) in [6, 6.07) is 12.9. The SMILES string of the molecule is Nc1cc(C(F)(F)F)nc2cccc(C3CCCC(C/C=N/C(=O)c4ccccc4Cl)C3)c12. The van der Waals surface area contributed by atoms with Crippen LogP contribution >= 0.6 is 11.6 Å². The fraction of sp³-hybridized carbons (Fsp3) is 0.320. The van der Waals surface area contributed by atoms with Crippen LogP contribution in [0.5, 0.6) is 0 Å². The van der Waals surface area contributed by atoms with Crippen molar-refractivity contribution in [2.24, 2.45) is 10.9 Å². The standard InChI is InChI=1S/C25H23ClF3N3O/c26-19-9-2-1-7-18(19)24(33)31-12-11-15-5-3-6-16(13-15)17-8-4-10-21-23(17)20(30)14-22(32-21)25(27,28)29/h1-2,4,7-10,12,14-16H,3,5-6,11,13H2,(H2,30,32)/b31-12+. The predicted octanol–water partition coefficient (Wildman–Crippen LogP) is 7.06. The van der Waals surface area contributed by atoms with E-state index >= 15 is 0 Å². The van der Waals surface area contributed by atoms with Gasteiger partial charge in [0.25, 0.3) is 5.91 Å². The van der Waals surface area contributed by atoms with Gasteiger partial charge in [0.2, 0.25) is 0 Å². The largest absolute Gasteiger partial charge is 0.433 e. The number of fused-ring (bicyclic) bond motifs is 1. The molecule has 3 aromatic rings. The lowest BCUT2D eigenvalue weighted by molar-refractivity contribution is -0.140. The summed E-state index contributed by atoms with van der Waals surface area (Å²) in [7, 11) is 0. The Kier molecular flexibility index (Phi) is 6.70. The van der Waals surface area contributed by atoms with Gasteiger partial charge < -0.3 is 5.73 Å². The molecule has 1 heterocycles. The molecule has 4 rings (SSSR count). The van der Waals surface area contributed by atoms with E-state index in [9.17, 15) is 18.0 Å². The Balaban J connectivity index is 1.51. The molecule has 1 aliphatic rings. The number of pyridine rings is 1. The lowest BCUT2D eigenvalue weighted by Crippen LogP contribution is -2.16. The summed E-state index contributed by atoms with van der Waals surface area (Å²) in [5.41, 5.74) is 6.74. The minimum Gasteiger partial charge on any atom is -0.398 e. The second kappa shape index (κ2) is 9.51. The molecule has 0 aliphatic heterocycles. The number of carbonyl (C=O) groups excluding carboxylic acids is 1. The summed E-state index contributed by atoms with van der Waals surface area (Å²) in [6.07, 6.45) is 1.48. The van der Waals surface area contributed by atoms with Gasteiger partial charge in [-0.25, -0.2) is 9.98 Å². The minimum atomic E-state index is -4.55. The molecule has 2 aromatic carbocycles. The molecule has 2 unspecified atom stereocenters. The number of aliphatic imine (C=N–C) groups is 1. The predicted molar refractivity (Wildman–Crippen MR) is 125 cm³/mol. The van der Waals surface area contributed by atoms with Gasteiger partial charge in [0.05, 0.1) is 16.1 Å². The highest BCUT2D eigenvalue weighted by Crippen LogP contribution is 2.42. The van der Waals surface area contributed by atoms with E-state index in [4.69, 9.17) is 17.3 Å². The number of anilines is 1. The number of amides is 1. The Morgan fingerprint density at radius 2 is 1.97 bits per heavy atom. The van der Waals surface area contributed by atoms with E-state index < -0.39 is 11.9 Å². The van der Waals surface area contributed by atoms with Crippen LogP contribution in [0.3, 0.4) is 0 Å². The Morgan fingerprint density at radius 3 is 2.73 bits per heavy atom. The van der Waals surface area contributed by atoms with E-state index in [1.807, 2.05) is 6.07 Å². The van der Waals surface area contributed by atoms with Gasteiger partial charge in [0, 0.05) is 17.3 Å². The summed E-state index contributed by atoms with van der Waals surface area (Å²) in [6.45, 7) is 0. The normalized spacial score (nSPS) is 19.3. The number of carbonyl (C=O) groups is 1. The number of benzene rings is 2. The van der Waals surface area contributed by atoms with Crippen molar-refractivity contribution >= 4 is 40.3 Å². The monoisotopic (exact) mass is 473 g/mol. The minimum absolute atomic E-state index is 0.0944. The van der Waals surface area contributed by atoms with Crippen molar-refractivity contribution in [2.75, 3.05) is 5.73 Å². The maximum Gasteiger partial charge on any atom is 0.433 e. The molecule has 1 saturated carbocycles.